The molecular weight excluding hydrogens is 450 g/mol. The molecule has 2 amide bonds. The molecule has 0 unspecified atom stereocenters. The Morgan fingerprint density at radius 2 is 1.82 bits per heavy atom. The second-order valence-electron chi connectivity index (χ2n) is 8.28. The van der Waals surface area contributed by atoms with E-state index in [1.165, 1.54) is 18.9 Å². The Hall–Kier alpha value is -3.39. The Balaban J connectivity index is 1.66. The summed E-state index contributed by atoms with van der Waals surface area (Å²) in [4.78, 5) is 24.9. The molecule has 0 fully saturated rings. The zero-order valence-corrected chi connectivity index (χ0v) is 20.8. The van der Waals surface area contributed by atoms with Gasteiger partial charge in [0.05, 0.1) is 26.5 Å². The molecular formula is C26H31N3O4S. The molecule has 1 aromatic heterocycles. The zero-order chi connectivity index (χ0) is 24.5. The molecule has 0 aliphatic heterocycles. The van der Waals surface area contributed by atoms with Crippen molar-refractivity contribution in [2.75, 3.05) is 20.8 Å². The van der Waals surface area contributed by atoms with Gasteiger partial charge in [-0.15, -0.1) is 11.3 Å². The quantitative estimate of drug-likeness (QED) is 0.298. The molecule has 0 saturated carbocycles. The third-order valence-corrected chi connectivity index (χ3v) is 6.32. The number of methoxy groups -OCH3 is 2. The molecule has 1 heterocycles. The number of nitrogens with one attached hydrogen (secondary N) is 2. The van der Waals surface area contributed by atoms with E-state index in [4.69, 9.17) is 9.47 Å². The van der Waals surface area contributed by atoms with E-state index in [0.717, 1.165) is 35.9 Å². The highest BCUT2D eigenvalue weighted by atomic mass is 32.1. The second kappa shape index (κ2) is 12.2. The summed E-state index contributed by atoms with van der Waals surface area (Å²) in [5.41, 5.74) is 4.87. The number of thiophene rings is 1. The minimum absolute atomic E-state index is 0.194. The Bertz CT molecular complexity index is 1170. The lowest BCUT2D eigenvalue weighted by atomic mass is 10.0. The second-order valence-corrected chi connectivity index (χ2v) is 9.19. The minimum Gasteiger partial charge on any atom is -0.493 e. The summed E-state index contributed by atoms with van der Waals surface area (Å²) in [7, 11) is 3.03. The number of rotatable bonds is 11. The SMILES string of the molecule is COc1ccc(C(=O)NCC(=O)N/N=C(\CCCC(C)C)c2csc3ccccc23)cc1OC. The van der Waals surface area contributed by atoms with Gasteiger partial charge in [0.15, 0.2) is 11.5 Å². The van der Waals surface area contributed by atoms with Gasteiger partial charge >= 0.3 is 0 Å². The first-order valence-corrected chi connectivity index (χ1v) is 12.1. The van der Waals surface area contributed by atoms with Gasteiger partial charge in [0.25, 0.3) is 11.8 Å². The van der Waals surface area contributed by atoms with Crippen LogP contribution in [0.1, 0.15) is 49.0 Å². The Kier molecular flexibility index (Phi) is 9.04. The van der Waals surface area contributed by atoms with Crippen LogP contribution in [0.15, 0.2) is 52.9 Å². The standard InChI is InChI=1S/C26H31N3O4S/c1-17(2)8-7-10-21(20-16-34-24-11-6-5-9-19(20)24)28-29-25(30)15-27-26(31)18-12-13-22(32-3)23(14-18)33-4/h5-6,9,11-14,16-17H,7-8,10,15H2,1-4H3,(H,27,31)(H,29,30)/b28-21+. The van der Waals surface area contributed by atoms with Crippen molar-refractivity contribution >= 4 is 38.9 Å². The van der Waals surface area contributed by atoms with Gasteiger partial charge in [0.2, 0.25) is 0 Å². The van der Waals surface area contributed by atoms with Gasteiger partial charge in [-0.2, -0.15) is 5.10 Å². The number of benzene rings is 2. The van der Waals surface area contributed by atoms with Gasteiger partial charge in [-0.05, 0) is 43.0 Å². The molecule has 0 aliphatic carbocycles. The van der Waals surface area contributed by atoms with E-state index in [0.29, 0.717) is 23.0 Å². The van der Waals surface area contributed by atoms with E-state index in [1.807, 2.05) is 12.1 Å². The normalized spacial score (nSPS) is 11.5. The topological polar surface area (TPSA) is 89.0 Å². The van der Waals surface area contributed by atoms with Crippen LogP contribution in [0, 0.1) is 5.92 Å². The van der Waals surface area contributed by atoms with E-state index in [2.05, 4.69) is 47.2 Å². The van der Waals surface area contributed by atoms with Crippen LogP contribution in [0.5, 0.6) is 11.5 Å². The van der Waals surface area contributed by atoms with Crippen molar-refractivity contribution in [3.63, 3.8) is 0 Å². The van der Waals surface area contributed by atoms with Crippen LogP contribution in [0.2, 0.25) is 0 Å². The molecule has 3 aromatic rings. The molecule has 0 radical (unpaired) electrons. The minimum atomic E-state index is -0.394. The summed E-state index contributed by atoms with van der Waals surface area (Å²) in [5.74, 6) is 0.785. The number of hydrogen-bond acceptors (Lipinski definition) is 6. The first-order valence-electron chi connectivity index (χ1n) is 11.2. The highest BCUT2D eigenvalue weighted by Gasteiger charge is 2.14. The smallest absolute Gasteiger partial charge is 0.259 e. The molecule has 0 spiro atoms. The van der Waals surface area contributed by atoms with Gasteiger partial charge in [-0.3, -0.25) is 9.59 Å². The van der Waals surface area contributed by atoms with Crippen molar-refractivity contribution in [2.24, 2.45) is 11.0 Å². The molecule has 34 heavy (non-hydrogen) atoms. The van der Waals surface area contributed by atoms with Gasteiger partial charge in [0.1, 0.15) is 0 Å². The molecule has 0 atom stereocenters. The summed E-state index contributed by atoms with van der Waals surface area (Å²) in [6.07, 6.45) is 2.82. The molecule has 3 rings (SSSR count). The monoisotopic (exact) mass is 481 g/mol. The van der Waals surface area contributed by atoms with Crippen LogP contribution in [-0.4, -0.2) is 38.3 Å². The lowest BCUT2D eigenvalue weighted by Gasteiger charge is -2.10. The molecule has 0 bridgehead atoms. The number of hydrogen-bond donors (Lipinski definition) is 2. The zero-order valence-electron chi connectivity index (χ0n) is 20.0. The van der Waals surface area contributed by atoms with Crippen LogP contribution < -0.4 is 20.2 Å². The fraction of sp³-hybridized carbons (Fsp3) is 0.346. The fourth-order valence-electron chi connectivity index (χ4n) is 3.54. The number of nitrogens with zero attached hydrogens (tertiary/aromatic N) is 1. The van der Waals surface area contributed by atoms with Gasteiger partial charge < -0.3 is 14.8 Å². The van der Waals surface area contributed by atoms with E-state index in [9.17, 15) is 9.59 Å². The van der Waals surface area contributed by atoms with E-state index < -0.39 is 5.91 Å². The third-order valence-electron chi connectivity index (χ3n) is 5.36. The van der Waals surface area contributed by atoms with Crippen molar-refractivity contribution in [3.05, 3.63) is 59.0 Å². The molecule has 2 N–H and O–H groups in total. The Morgan fingerprint density at radius 3 is 2.56 bits per heavy atom. The first-order chi connectivity index (χ1) is 16.4. The lowest BCUT2D eigenvalue weighted by Crippen LogP contribution is -2.35. The molecule has 2 aromatic carbocycles. The molecule has 180 valence electrons. The van der Waals surface area contributed by atoms with Crippen molar-refractivity contribution < 1.29 is 19.1 Å². The third kappa shape index (κ3) is 6.57. The van der Waals surface area contributed by atoms with Crippen LogP contribution in [0.25, 0.3) is 10.1 Å². The van der Waals surface area contributed by atoms with Crippen molar-refractivity contribution in [1.29, 1.82) is 0 Å². The maximum Gasteiger partial charge on any atom is 0.259 e. The van der Waals surface area contributed by atoms with Crippen LogP contribution in [0.4, 0.5) is 0 Å². The highest BCUT2D eigenvalue weighted by molar-refractivity contribution is 7.17. The van der Waals surface area contributed by atoms with Crippen LogP contribution >= 0.6 is 11.3 Å². The summed E-state index contributed by atoms with van der Waals surface area (Å²) >= 11 is 1.66. The van der Waals surface area contributed by atoms with Gasteiger partial charge in [-0.1, -0.05) is 38.5 Å². The number of amides is 2. The average molecular weight is 482 g/mol. The molecule has 7 nitrogen and oxygen atoms in total. The van der Waals surface area contributed by atoms with Crippen LogP contribution in [0.3, 0.4) is 0 Å². The lowest BCUT2D eigenvalue weighted by molar-refractivity contribution is -0.120. The maximum absolute atomic E-state index is 12.5. The number of fused-ring (bicyclic) bond motifs is 1. The number of hydrazone groups is 1. The fourth-order valence-corrected chi connectivity index (χ4v) is 4.51. The van der Waals surface area contributed by atoms with Crippen LogP contribution in [-0.2, 0) is 4.79 Å². The highest BCUT2D eigenvalue weighted by Crippen LogP contribution is 2.28. The molecule has 0 aliphatic rings. The van der Waals surface area contributed by atoms with Crippen molar-refractivity contribution in [3.8, 4) is 11.5 Å². The summed E-state index contributed by atoms with van der Waals surface area (Å²) in [6, 6.07) is 13.0. The van der Waals surface area contributed by atoms with E-state index >= 15 is 0 Å². The van der Waals surface area contributed by atoms with Crippen molar-refractivity contribution in [2.45, 2.75) is 33.1 Å². The summed E-state index contributed by atoms with van der Waals surface area (Å²) < 4.78 is 11.6. The van der Waals surface area contributed by atoms with Gasteiger partial charge in [-0.25, -0.2) is 5.43 Å². The van der Waals surface area contributed by atoms with Crippen molar-refractivity contribution in [1.82, 2.24) is 10.7 Å². The Morgan fingerprint density at radius 1 is 1.06 bits per heavy atom. The number of carbonyl (C=O) groups excluding carboxylic acids is 2. The predicted octanol–water partition coefficient (Wildman–Crippen LogP) is 5.00. The summed E-state index contributed by atoms with van der Waals surface area (Å²) in [5, 5.41) is 10.3. The average Bonchev–Trinajstić information content (AvgIpc) is 3.28. The molecule has 0 saturated heterocycles. The summed E-state index contributed by atoms with van der Waals surface area (Å²) in [6.45, 7) is 4.19. The van der Waals surface area contributed by atoms with E-state index in [1.54, 1.807) is 29.5 Å². The van der Waals surface area contributed by atoms with E-state index in [-0.39, 0.29) is 12.5 Å². The molecule has 8 heteroatoms. The van der Waals surface area contributed by atoms with Gasteiger partial charge in [0, 0.05) is 26.6 Å². The largest absolute Gasteiger partial charge is 0.493 e. The maximum atomic E-state index is 12.5. The first kappa shape index (κ1) is 25.2. The predicted molar refractivity (Wildman–Crippen MR) is 137 cm³/mol. The number of ether oxygens (including phenoxy) is 2. The number of carbonyl (C=O) groups is 2. The Labute approximate surface area is 204 Å².